The van der Waals surface area contributed by atoms with Gasteiger partial charge in [0.25, 0.3) is 0 Å². The summed E-state index contributed by atoms with van der Waals surface area (Å²) in [7, 11) is 0. The van der Waals surface area contributed by atoms with E-state index in [9.17, 15) is 0 Å². The third-order valence-corrected chi connectivity index (χ3v) is 4.76. The Morgan fingerprint density at radius 3 is 2.78 bits per heavy atom. The highest BCUT2D eigenvalue weighted by Gasteiger charge is 2.62. The number of hydrogen-bond acceptors (Lipinski definition) is 5. The number of hydrogen-bond donors (Lipinski definition) is 0. The van der Waals surface area contributed by atoms with Gasteiger partial charge in [-0.25, -0.2) is 0 Å². The Morgan fingerprint density at radius 1 is 1.50 bits per heavy atom. The zero-order valence-electron chi connectivity index (χ0n) is 11.3. The van der Waals surface area contributed by atoms with Gasteiger partial charge in [-0.1, -0.05) is 32.9 Å². The van der Waals surface area contributed by atoms with Crippen molar-refractivity contribution in [2.24, 2.45) is 17.3 Å². The van der Waals surface area contributed by atoms with Crippen LogP contribution >= 0.6 is 11.8 Å². The molecule has 1 heterocycles. The summed E-state index contributed by atoms with van der Waals surface area (Å²) in [5, 5.41) is 13.0. The highest BCUT2D eigenvalue weighted by Crippen LogP contribution is 2.63. The maximum atomic E-state index is 9.04. The summed E-state index contributed by atoms with van der Waals surface area (Å²) < 4.78 is 5.29. The van der Waals surface area contributed by atoms with Crippen molar-refractivity contribution in [1.82, 2.24) is 10.1 Å². The van der Waals surface area contributed by atoms with Crippen molar-refractivity contribution in [3.05, 3.63) is 11.7 Å². The molecule has 2 atom stereocenters. The summed E-state index contributed by atoms with van der Waals surface area (Å²) >= 11 is 1.82. The Kier molecular flexibility index (Phi) is 3.67. The van der Waals surface area contributed by atoms with Gasteiger partial charge < -0.3 is 4.52 Å². The second-order valence-electron chi connectivity index (χ2n) is 5.86. The third kappa shape index (κ3) is 2.54. The molecule has 1 saturated carbocycles. The van der Waals surface area contributed by atoms with Gasteiger partial charge in [0.05, 0.1) is 23.7 Å². The van der Waals surface area contributed by atoms with Crippen LogP contribution in [0.2, 0.25) is 0 Å². The van der Waals surface area contributed by atoms with Crippen molar-refractivity contribution in [3.63, 3.8) is 0 Å². The van der Waals surface area contributed by atoms with Gasteiger partial charge in [0, 0.05) is 0 Å². The first-order valence-corrected chi connectivity index (χ1v) is 7.42. The van der Waals surface area contributed by atoms with Crippen LogP contribution in [0, 0.1) is 28.6 Å². The summed E-state index contributed by atoms with van der Waals surface area (Å²) in [6, 6.07) is 2.31. The molecule has 0 spiro atoms. The predicted molar refractivity (Wildman–Crippen MR) is 70.9 cm³/mol. The maximum absolute atomic E-state index is 9.04. The second-order valence-corrected chi connectivity index (χ2v) is 6.89. The lowest BCUT2D eigenvalue weighted by molar-refractivity contribution is 0.364. The van der Waals surface area contributed by atoms with E-state index in [2.05, 4.69) is 43.9 Å². The van der Waals surface area contributed by atoms with Crippen LogP contribution in [0.25, 0.3) is 0 Å². The number of nitrogens with zero attached hydrogens (tertiary/aromatic N) is 3. The minimum absolute atomic E-state index is 0.00844. The Labute approximate surface area is 112 Å². The van der Waals surface area contributed by atoms with E-state index in [4.69, 9.17) is 9.78 Å². The SMILES string of the molecule is CC(C)CSCc1noc(C2C(C#N)C2(C)C)n1. The van der Waals surface area contributed by atoms with Gasteiger partial charge in [-0.05, 0) is 17.1 Å². The summed E-state index contributed by atoms with van der Waals surface area (Å²) in [5.74, 6) is 4.05. The molecule has 0 bridgehead atoms. The van der Waals surface area contributed by atoms with E-state index in [-0.39, 0.29) is 17.3 Å². The van der Waals surface area contributed by atoms with Crippen LogP contribution in [0.15, 0.2) is 4.52 Å². The fourth-order valence-electron chi connectivity index (χ4n) is 2.18. The summed E-state index contributed by atoms with van der Waals surface area (Å²) in [4.78, 5) is 4.41. The Hall–Kier alpha value is -1.02. The Morgan fingerprint density at radius 2 is 2.22 bits per heavy atom. The molecule has 0 amide bonds. The quantitative estimate of drug-likeness (QED) is 0.818. The Bertz CT molecular complexity index is 461. The summed E-state index contributed by atoms with van der Waals surface area (Å²) in [5.41, 5.74) is -0.0242. The van der Waals surface area contributed by atoms with Gasteiger partial charge in [-0.3, -0.25) is 0 Å². The molecule has 1 aliphatic rings. The molecule has 0 radical (unpaired) electrons. The molecule has 0 N–H and O–H groups in total. The number of nitriles is 1. The predicted octanol–water partition coefficient (Wildman–Crippen LogP) is 3.22. The second kappa shape index (κ2) is 4.93. The van der Waals surface area contributed by atoms with Gasteiger partial charge in [-0.15, -0.1) is 0 Å². The molecule has 2 rings (SSSR count). The van der Waals surface area contributed by atoms with E-state index in [1.54, 1.807) is 0 Å². The first-order valence-electron chi connectivity index (χ1n) is 6.26. The van der Waals surface area contributed by atoms with E-state index >= 15 is 0 Å². The standard InChI is InChI=1S/C13H19N3OS/c1-8(2)6-18-7-10-15-12(17-16-10)11-9(5-14)13(11,3)4/h8-9,11H,6-7H2,1-4H3. The lowest BCUT2D eigenvalue weighted by Gasteiger charge is -2.00. The normalized spacial score (nSPS) is 25.1. The lowest BCUT2D eigenvalue weighted by atomic mass is 10.1. The van der Waals surface area contributed by atoms with Crippen molar-refractivity contribution >= 4 is 11.8 Å². The molecule has 5 heteroatoms. The lowest BCUT2D eigenvalue weighted by Crippen LogP contribution is -1.93. The van der Waals surface area contributed by atoms with Crippen molar-refractivity contribution < 1.29 is 4.52 Å². The first kappa shape index (κ1) is 13.4. The van der Waals surface area contributed by atoms with Crippen LogP contribution in [0.3, 0.4) is 0 Å². The zero-order chi connectivity index (χ0) is 13.3. The molecule has 1 aliphatic carbocycles. The molecular weight excluding hydrogens is 246 g/mol. The van der Waals surface area contributed by atoms with Crippen LogP contribution in [-0.4, -0.2) is 15.9 Å². The number of aromatic nitrogens is 2. The molecule has 1 aromatic heterocycles. The molecule has 0 aliphatic heterocycles. The minimum Gasteiger partial charge on any atom is -0.339 e. The van der Waals surface area contributed by atoms with Crippen LogP contribution < -0.4 is 0 Å². The molecule has 0 aromatic carbocycles. The summed E-state index contributed by atoms with van der Waals surface area (Å²) in [6.07, 6.45) is 0. The average Bonchev–Trinajstić information content (AvgIpc) is 2.65. The van der Waals surface area contributed by atoms with E-state index in [1.165, 1.54) is 0 Å². The fraction of sp³-hybridized carbons (Fsp3) is 0.769. The van der Waals surface area contributed by atoms with Crippen molar-refractivity contribution in [2.45, 2.75) is 39.4 Å². The van der Waals surface area contributed by atoms with Crippen LogP contribution in [-0.2, 0) is 5.75 Å². The molecule has 1 fully saturated rings. The monoisotopic (exact) mass is 265 g/mol. The fourth-order valence-corrected chi connectivity index (χ4v) is 3.07. The molecule has 0 saturated heterocycles. The number of thioether (sulfide) groups is 1. The smallest absolute Gasteiger partial charge is 0.231 e. The molecule has 1 aromatic rings. The van der Waals surface area contributed by atoms with Crippen LogP contribution in [0.4, 0.5) is 0 Å². The van der Waals surface area contributed by atoms with E-state index in [1.807, 2.05) is 11.8 Å². The minimum atomic E-state index is -0.0242. The van der Waals surface area contributed by atoms with Gasteiger partial charge in [0.2, 0.25) is 5.89 Å². The van der Waals surface area contributed by atoms with Crippen LogP contribution in [0.5, 0.6) is 0 Å². The Balaban J connectivity index is 1.94. The molecule has 18 heavy (non-hydrogen) atoms. The van der Waals surface area contributed by atoms with Crippen molar-refractivity contribution in [3.8, 4) is 6.07 Å². The molecule has 4 nitrogen and oxygen atoms in total. The van der Waals surface area contributed by atoms with Gasteiger partial charge in [0.15, 0.2) is 5.82 Å². The average molecular weight is 265 g/mol. The maximum Gasteiger partial charge on any atom is 0.231 e. The highest BCUT2D eigenvalue weighted by atomic mass is 32.2. The number of rotatable bonds is 5. The van der Waals surface area contributed by atoms with E-state index in [0.717, 1.165) is 17.3 Å². The van der Waals surface area contributed by atoms with Crippen molar-refractivity contribution in [1.29, 1.82) is 5.26 Å². The largest absolute Gasteiger partial charge is 0.339 e. The van der Waals surface area contributed by atoms with Gasteiger partial charge >= 0.3 is 0 Å². The molecule has 2 unspecified atom stereocenters. The van der Waals surface area contributed by atoms with Crippen LogP contribution in [0.1, 0.15) is 45.3 Å². The summed E-state index contributed by atoms with van der Waals surface area (Å²) in [6.45, 7) is 8.53. The molecule has 98 valence electrons. The topological polar surface area (TPSA) is 62.7 Å². The van der Waals surface area contributed by atoms with Gasteiger partial charge in [-0.2, -0.15) is 22.0 Å². The first-order chi connectivity index (χ1) is 8.46. The van der Waals surface area contributed by atoms with Gasteiger partial charge in [0.1, 0.15) is 0 Å². The van der Waals surface area contributed by atoms with Crippen molar-refractivity contribution in [2.75, 3.05) is 5.75 Å². The molecular formula is C13H19N3OS. The highest BCUT2D eigenvalue weighted by molar-refractivity contribution is 7.98. The van der Waals surface area contributed by atoms with E-state index in [0.29, 0.717) is 11.8 Å². The zero-order valence-corrected chi connectivity index (χ0v) is 12.1. The third-order valence-electron chi connectivity index (χ3n) is 3.40. The van der Waals surface area contributed by atoms with E-state index < -0.39 is 0 Å².